The maximum atomic E-state index is 12.1. The lowest BCUT2D eigenvalue weighted by Crippen LogP contribution is -2.47. The van der Waals surface area contributed by atoms with E-state index in [2.05, 4.69) is 59.1 Å². The quantitative estimate of drug-likeness (QED) is 0.338. The van der Waals surface area contributed by atoms with Crippen LogP contribution in [0.5, 0.6) is 0 Å². The second kappa shape index (κ2) is 8.73. The molecule has 3 heterocycles. The smallest absolute Gasteiger partial charge is 0.162 e. The number of rotatable bonds is 4. The molecule has 0 radical (unpaired) electrons. The Kier molecular flexibility index (Phi) is 5.38. The SMILES string of the molecule is C=C1CNC[C@H](C)N1c1ccc(-c2cnc3c(-c4cccc5c(C(C)=O)cccc45)cnn3c2)cc1. The monoisotopic (exact) mass is 473 g/mol. The number of hydrogen-bond acceptors (Lipinski definition) is 5. The number of Topliss-reactive ketones (excluding diaryl/α,β-unsaturated/α-hetero) is 1. The van der Waals surface area contributed by atoms with Crippen molar-refractivity contribution in [2.45, 2.75) is 19.9 Å². The molecule has 5 aromatic rings. The summed E-state index contributed by atoms with van der Waals surface area (Å²) in [6.07, 6.45) is 5.76. The zero-order chi connectivity index (χ0) is 24.8. The lowest BCUT2D eigenvalue weighted by Gasteiger charge is -2.37. The number of ketones is 1. The van der Waals surface area contributed by atoms with E-state index in [1.165, 1.54) is 0 Å². The molecule has 0 saturated carbocycles. The van der Waals surface area contributed by atoms with E-state index in [0.717, 1.165) is 68.7 Å². The van der Waals surface area contributed by atoms with Gasteiger partial charge in [-0.2, -0.15) is 5.10 Å². The van der Waals surface area contributed by atoms with Crippen LogP contribution < -0.4 is 10.2 Å². The van der Waals surface area contributed by atoms with Crippen LogP contribution in [-0.4, -0.2) is 39.5 Å². The molecule has 178 valence electrons. The normalized spacial score (nSPS) is 16.1. The maximum Gasteiger partial charge on any atom is 0.162 e. The summed E-state index contributed by atoms with van der Waals surface area (Å²) in [5.74, 6) is 0.0575. The van der Waals surface area contributed by atoms with Crippen LogP contribution in [0, 0.1) is 0 Å². The Morgan fingerprint density at radius 1 is 0.972 bits per heavy atom. The van der Waals surface area contributed by atoms with Gasteiger partial charge in [-0.15, -0.1) is 0 Å². The number of aromatic nitrogens is 3. The van der Waals surface area contributed by atoms with Gasteiger partial charge in [-0.05, 0) is 47.9 Å². The highest BCUT2D eigenvalue weighted by Crippen LogP contribution is 2.33. The predicted octanol–water partition coefficient (Wildman–Crippen LogP) is 5.73. The molecular formula is C30H27N5O. The zero-order valence-corrected chi connectivity index (χ0v) is 20.4. The van der Waals surface area contributed by atoms with Crippen LogP contribution in [0.4, 0.5) is 5.69 Å². The van der Waals surface area contributed by atoms with E-state index in [0.29, 0.717) is 6.04 Å². The maximum absolute atomic E-state index is 12.1. The first-order chi connectivity index (χ1) is 17.5. The number of piperazine rings is 1. The van der Waals surface area contributed by atoms with Gasteiger partial charge in [0.1, 0.15) is 0 Å². The molecule has 0 bridgehead atoms. The molecule has 0 aliphatic carbocycles. The minimum atomic E-state index is 0.0575. The molecule has 6 nitrogen and oxygen atoms in total. The molecular weight excluding hydrogens is 446 g/mol. The number of hydrogen-bond donors (Lipinski definition) is 1. The molecule has 0 spiro atoms. The van der Waals surface area contributed by atoms with Crippen molar-refractivity contribution >= 4 is 27.9 Å². The molecule has 1 aliphatic heterocycles. The first-order valence-electron chi connectivity index (χ1n) is 12.2. The summed E-state index contributed by atoms with van der Waals surface area (Å²) in [7, 11) is 0. The number of nitrogens with one attached hydrogen (secondary N) is 1. The van der Waals surface area contributed by atoms with Gasteiger partial charge >= 0.3 is 0 Å². The fourth-order valence-corrected chi connectivity index (χ4v) is 5.23. The first kappa shape index (κ1) is 22.2. The van der Waals surface area contributed by atoms with Gasteiger partial charge in [0, 0.05) is 59.6 Å². The topological polar surface area (TPSA) is 62.5 Å². The highest BCUT2D eigenvalue weighted by Gasteiger charge is 2.21. The van der Waals surface area contributed by atoms with E-state index in [-0.39, 0.29) is 5.78 Å². The van der Waals surface area contributed by atoms with Crippen LogP contribution in [0.3, 0.4) is 0 Å². The fraction of sp³-hybridized carbons (Fsp3) is 0.167. The Morgan fingerprint density at radius 2 is 1.75 bits per heavy atom. The number of anilines is 1. The molecule has 1 fully saturated rings. The van der Waals surface area contributed by atoms with Gasteiger partial charge in [0.05, 0.1) is 6.20 Å². The van der Waals surface area contributed by atoms with Crippen LogP contribution in [-0.2, 0) is 0 Å². The molecule has 1 aliphatic rings. The molecule has 0 amide bonds. The number of carbonyl (C=O) groups excluding carboxylic acids is 1. The molecule has 1 N–H and O–H groups in total. The third kappa shape index (κ3) is 3.67. The minimum absolute atomic E-state index is 0.0575. The number of benzene rings is 3. The lowest BCUT2D eigenvalue weighted by atomic mass is 9.95. The average Bonchev–Trinajstić information content (AvgIpc) is 3.31. The predicted molar refractivity (Wildman–Crippen MR) is 145 cm³/mol. The highest BCUT2D eigenvalue weighted by molar-refractivity contribution is 6.11. The number of nitrogens with zero attached hydrogens (tertiary/aromatic N) is 4. The number of carbonyl (C=O) groups is 1. The third-order valence-corrected chi connectivity index (χ3v) is 6.98. The Balaban J connectivity index is 1.36. The fourth-order valence-electron chi connectivity index (χ4n) is 5.23. The van der Waals surface area contributed by atoms with E-state index in [9.17, 15) is 4.79 Å². The summed E-state index contributed by atoms with van der Waals surface area (Å²) in [5, 5.41) is 9.98. The Morgan fingerprint density at radius 3 is 2.53 bits per heavy atom. The highest BCUT2D eigenvalue weighted by atomic mass is 16.1. The van der Waals surface area contributed by atoms with Crippen LogP contribution in [0.25, 0.3) is 38.7 Å². The van der Waals surface area contributed by atoms with Gasteiger partial charge in [-0.3, -0.25) is 4.79 Å². The third-order valence-electron chi connectivity index (χ3n) is 6.98. The molecule has 36 heavy (non-hydrogen) atoms. The summed E-state index contributed by atoms with van der Waals surface area (Å²) in [6, 6.07) is 20.8. The van der Waals surface area contributed by atoms with Gasteiger partial charge in [0.15, 0.2) is 11.4 Å². The van der Waals surface area contributed by atoms with Gasteiger partial charge in [0.2, 0.25) is 0 Å². The summed E-state index contributed by atoms with van der Waals surface area (Å²) >= 11 is 0. The molecule has 3 aromatic carbocycles. The van der Waals surface area contributed by atoms with Gasteiger partial charge < -0.3 is 10.2 Å². The molecule has 6 heteroatoms. The molecule has 0 unspecified atom stereocenters. The second-order valence-electron chi connectivity index (χ2n) is 9.39. The van der Waals surface area contributed by atoms with Gasteiger partial charge in [-0.25, -0.2) is 9.50 Å². The van der Waals surface area contributed by atoms with Crippen LogP contribution in [0.2, 0.25) is 0 Å². The minimum Gasteiger partial charge on any atom is -0.340 e. The molecule has 1 saturated heterocycles. The van der Waals surface area contributed by atoms with Crippen LogP contribution >= 0.6 is 0 Å². The summed E-state index contributed by atoms with van der Waals surface area (Å²) < 4.78 is 1.83. The van der Waals surface area contributed by atoms with Gasteiger partial charge in [-0.1, -0.05) is 55.1 Å². The Hall–Kier alpha value is -4.29. The molecule has 6 rings (SSSR count). The van der Waals surface area contributed by atoms with Crippen molar-refractivity contribution in [2.24, 2.45) is 0 Å². The lowest BCUT2D eigenvalue weighted by molar-refractivity contribution is 0.101. The van der Waals surface area contributed by atoms with Crippen LogP contribution in [0.15, 0.2) is 91.5 Å². The zero-order valence-electron chi connectivity index (χ0n) is 20.4. The summed E-state index contributed by atoms with van der Waals surface area (Å²) in [5.41, 5.74) is 7.76. The van der Waals surface area contributed by atoms with Crippen LogP contribution in [0.1, 0.15) is 24.2 Å². The van der Waals surface area contributed by atoms with E-state index in [1.807, 2.05) is 53.4 Å². The van der Waals surface area contributed by atoms with E-state index in [4.69, 9.17) is 4.98 Å². The average molecular weight is 474 g/mol. The molecule has 2 aromatic heterocycles. The van der Waals surface area contributed by atoms with Crippen molar-refractivity contribution in [2.75, 3.05) is 18.0 Å². The summed E-state index contributed by atoms with van der Waals surface area (Å²) in [6.45, 7) is 9.78. The van der Waals surface area contributed by atoms with Gasteiger partial charge in [0.25, 0.3) is 0 Å². The van der Waals surface area contributed by atoms with Crippen molar-refractivity contribution < 1.29 is 4.79 Å². The van der Waals surface area contributed by atoms with E-state index >= 15 is 0 Å². The number of fused-ring (bicyclic) bond motifs is 2. The Bertz CT molecular complexity index is 1630. The Labute approximate surface area is 209 Å². The standard InChI is InChI=1S/C30H27N5O/c1-19-14-31-15-20(2)35(19)24-12-10-22(11-13-24)23-16-32-30-29(17-33-34(30)18-23)28-9-5-7-26-25(21(3)36)6-4-8-27(26)28/h4-13,16-18,20,31H,1,14-15H2,2-3H3/t20-/m0/s1. The van der Waals surface area contributed by atoms with Crippen molar-refractivity contribution in [1.82, 2.24) is 19.9 Å². The van der Waals surface area contributed by atoms with Crippen molar-refractivity contribution in [3.63, 3.8) is 0 Å². The van der Waals surface area contributed by atoms with Crippen molar-refractivity contribution in [3.8, 4) is 22.3 Å². The largest absolute Gasteiger partial charge is 0.340 e. The van der Waals surface area contributed by atoms with E-state index < -0.39 is 0 Å². The second-order valence-corrected chi connectivity index (χ2v) is 9.39. The van der Waals surface area contributed by atoms with E-state index in [1.54, 1.807) is 6.92 Å². The first-order valence-corrected chi connectivity index (χ1v) is 12.2. The summed E-state index contributed by atoms with van der Waals surface area (Å²) in [4.78, 5) is 19.2. The van der Waals surface area contributed by atoms with Crippen molar-refractivity contribution in [3.05, 3.63) is 97.1 Å². The van der Waals surface area contributed by atoms with Crippen molar-refractivity contribution in [1.29, 1.82) is 0 Å². The molecule has 1 atom stereocenters.